The normalized spacial score (nSPS) is 26.9. The molecule has 0 unspecified atom stereocenters. The Labute approximate surface area is 114 Å². The van der Waals surface area contributed by atoms with Gasteiger partial charge in [0.25, 0.3) is 0 Å². The number of aryl methyl sites for hydroxylation is 1. The van der Waals surface area contributed by atoms with Gasteiger partial charge in [0, 0.05) is 18.1 Å². The van der Waals surface area contributed by atoms with Crippen LogP contribution in [0.25, 0.3) is 0 Å². The van der Waals surface area contributed by atoms with Crippen LogP contribution < -0.4 is 5.32 Å². The van der Waals surface area contributed by atoms with Crippen molar-refractivity contribution in [1.82, 2.24) is 4.98 Å². The number of aromatic nitrogens is 1. The molecule has 0 saturated heterocycles. The molecule has 0 atom stereocenters. The van der Waals surface area contributed by atoms with E-state index in [1.807, 2.05) is 13.0 Å². The van der Waals surface area contributed by atoms with E-state index < -0.39 is 11.5 Å². The lowest BCUT2D eigenvalue weighted by atomic mass is 9.75. The van der Waals surface area contributed by atoms with Gasteiger partial charge in [-0.05, 0) is 50.2 Å². The summed E-state index contributed by atoms with van der Waals surface area (Å²) in [4.78, 5) is 15.8. The van der Waals surface area contributed by atoms with Crippen LogP contribution in [0.15, 0.2) is 18.5 Å². The van der Waals surface area contributed by atoms with Crippen LogP contribution >= 0.6 is 0 Å². The molecule has 1 aliphatic carbocycles. The molecule has 0 spiro atoms. The summed E-state index contributed by atoms with van der Waals surface area (Å²) in [5.74, 6) is -0.0638. The Morgan fingerprint density at radius 2 is 2.21 bits per heavy atom. The number of carbonyl (C=O) groups is 1. The van der Waals surface area contributed by atoms with Crippen molar-refractivity contribution in [1.29, 1.82) is 0 Å². The number of nitrogens with one attached hydrogen (secondary N) is 1. The van der Waals surface area contributed by atoms with Gasteiger partial charge in [-0.2, -0.15) is 0 Å². The highest BCUT2D eigenvalue weighted by Gasteiger charge is 2.41. The van der Waals surface area contributed by atoms with E-state index in [1.165, 1.54) is 0 Å². The second-order valence-electron chi connectivity index (χ2n) is 5.55. The molecule has 1 fully saturated rings. The highest BCUT2D eigenvalue weighted by atomic mass is 16.4. The van der Waals surface area contributed by atoms with E-state index in [2.05, 4.69) is 17.2 Å². The Bertz CT molecular complexity index is 451. The molecule has 1 saturated carbocycles. The third kappa shape index (κ3) is 2.88. The highest BCUT2D eigenvalue weighted by Crippen LogP contribution is 2.36. The molecule has 2 rings (SSSR count). The molecule has 104 valence electrons. The maximum Gasteiger partial charge on any atom is 0.329 e. The van der Waals surface area contributed by atoms with Gasteiger partial charge in [-0.15, -0.1) is 0 Å². The summed E-state index contributed by atoms with van der Waals surface area (Å²) in [6.07, 6.45) is 7.97. The van der Waals surface area contributed by atoms with Gasteiger partial charge in [0.15, 0.2) is 0 Å². The van der Waals surface area contributed by atoms with Crippen LogP contribution in [0.1, 0.15) is 44.6 Å². The Balaban J connectivity index is 2.18. The number of hydrogen-bond donors (Lipinski definition) is 2. The zero-order chi connectivity index (χ0) is 13.9. The van der Waals surface area contributed by atoms with Gasteiger partial charge in [-0.25, -0.2) is 4.79 Å². The molecular weight excluding hydrogens is 240 g/mol. The average molecular weight is 262 g/mol. The molecule has 0 bridgehead atoms. The summed E-state index contributed by atoms with van der Waals surface area (Å²) in [6.45, 7) is 4.13. The van der Waals surface area contributed by atoms with E-state index in [9.17, 15) is 9.90 Å². The molecule has 2 N–H and O–H groups in total. The lowest BCUT2D eigenvalue weighted by Crippen LogP contribution is -2.49. The number of rotatable bonds is 4. The van der Waals surface area contributed by atoms with Gasteiger partial charge in [0.2, 0.25) is 0 Å². The molecule has 1 heterocycles. The number of hydrogen-bond acceptors (Lipinski definition) is 3. The van der Waals surface area contributed by atoms with E-state index in [1.54, 1.807) is 12.4 Å². The highest BCUT2D eigenvalue weighted by molar-refractivity contribution is 5.83. The van der Waals surface area contributed by atoms with Crippen LogP contribution in [0.2, 0.25) is 0 Å². The van der Waals surface area contributed by atoms with E-state index in [4.69, 9.17) is 0 Å². The van der Waals surface area contributed by atoms with Crippen molar-refractivity contribution in [2.24, 2.45) is 5.92 Å². The molecule has 1 aromatic rings. The number of pyridine rings is 1. The standard InChI is InChI=1S/C15H22N2O2/c1-3-12-4-7-15(8-5-12,14(18)19)17-13-6-9-16-10-11(13)2/h6,9-10,12H,3-5,7-8H2,1-2H3,(H,16,17)(H,18,19). The predicted molar refractivity (Wildman–Crippen MR) is 75.2 cm³/mol. The molecule has 0 radical (unpaired) electrons. The Kier molecular flexibility index (Phi) is 4.08. The smallest absolute Gasteiger partial charge is 0.329 e. The van der Waals surface area contributed by atoms with E-state index in [0.717, 1.165) is 30.5 Å². The van der Waals surface area contributed by atoms with Crippen LogP contribution in [0.4, 0.5) is 5.69 Å². The summed E-state index contributed by atoms with van der Waals surface area (Å²) in [6, 6.07) is 1.85. The first-order valence-corrected chi connectivity index (χ1v) is 6.99. The molecule has 0 amide bonds. The number of aliphatic carboxylic acids is 1. The zero-order valence-electron chi connectivity index (χ0n) is 11.6. The monoisotopic (exact) mass is 262 g/mol. The first-order chi connectivity index (χ1) is 9.07. The average Bonchev–Trinajstić information content (AvgIpc) is 2.42. The fraction of sp³-hybridized carbons (Fsp3) is 0.600. The second kappa shape index (κ2) is 5.59. The number of nitrogens with zero attached hydrogens (tertiary/aromatic N) is 1. The van der Waals surface area contributed by atoms with E-state index >= 15 is 0 Å². The third-order valence-electron chi connectivity index (χ3n) is 4.34. The third-order valence-corrected chi connectivity index (χ3v) is 4.34. The fourth-order valence-corrected chi connectivity index (χ4v) is 2.84. The van der Waals surface area contributed by atoms with Crippen LogP contribution in [0, 0.1) is 12.8 Å². The number of carboxylic acids is 1. The van der Waals surface area contributed by atoms with Gasteiger partial charge in [0.05, 0.1) is 0 Å². The van der Waals surface area contributed by atoms with Crippen LogP contribution in [0.5, 0.6) is 0 Å². The fourth-order valence-electron chi connectivity index (χ4n) is 2.84. The van der Waals surface area contributed by atoms with E-state index in [0.29, 0.717) is 18.8 Å². The maximum atomic E-state index is 11.7. The summed E-state index contributed by atoms with van der Waals surface area (Å²) in [5.41, 5.74) is 1.06. The minimum Gasteiger partial charge on any atom is -0.480 e. The first-order valence-electron chi connectivity index (χ1n) is 6.99. The van der Waals surface area contributed by atoms with Gasteiger partial charge < -0.3 is 10.4 Å². The summed E-state index contributed by atoms with van der Waals surface area (Å²) >= 11 is 0. The van der Waals surface area contributed by atoms with Crippen molar-refractivity contribution in [3.8, 4) is 0 Å². The molecule has 0 aliphatic heterocycles. The maximum absolute atomic E-state index is 11.7. The molecule has 1 aliphatic rings. The molecule has 1 aromatic heterocycles. The molecule has 0 aromatic carbocycles. The molecular formula is C15H22N2O2. The quantitative estimate of drug-likeness (QED) is 0.874. The van der Waals surface area contributed by atoms with Gasteiger partial charge in [-0.3, -0.25) is 4.98 Å². The van der Waals surface area contributed by atoms with Crippen molar-refractivity contribution < 1.29 is 9.90 Å². The van der Waals surface area contributed by atoms with Gasteiger partial charge >= 0.3 is 5.97 Å². The van der Waals surface area contributed by atoms with E-state index in [-0.39, 0.29) is 0 Å². The SMILES string of the molecule is CCC1CCC(Nc2ccncc2C)(C(=O)O)CC1. The second-order valence-corrected chi connectivity index (χ2v) is 5.55. The van der Waals surface area contributed by atoms with Crippen molar-refractivity contribution in [3.05, 3.63) is 24.0 Å². The predicted octanol–water partition coefficient (Wildman–Crippen LogP) is 3.23. The van der Waals surface area contributed by atoms with Crippen LogP contribution in [-0.4, -0.2) is 21.6 Å². The lowest BCUT2D eigenvalue weighted by molar-refractivity contribution is -0.143. The van der Waals surface area contributed by atoms with Crippen molar-refractivity contribution in [2.75, 3.05) is 5.32 Å². The topological polar surface area (TPSA) is 62.2 Å². The molecule has 19 heavy (non-hydrogen) atoms. The minimum absolute atomic E-state index is 0.674. The van der Waals surface area contributed by atoms with Gasteiger partial charge in [0.1, 0.15) is 5.54 Å². The van der Waals surface area contributed by atoms with Crippen molar-refractivity contribution >= 4 is 11.7 Å². The number of carboxylic acid groups (broad SMARTS) is 1. The first kappa shape index (κ1) is 13.8. The van der Waals surface area contributed by atoms with Gasteiger partial charge in [-0.1, -0.05) is 13.3 Å². The Hall–Kier alpha value is -1.58. The summed E-state index contributed by atoms with van der Waals surface area (Å²) in [5, 5.41) is 12.9. The minimum atomic E-state index is -0.808. The van der Waals surface area contributed by atoms with Crippen LogP contribution in [-0.2, 0) is 4.79 Å². The Morgan fingerprint density at radius 1 is 1.53 bits per heavy atom. The lowest BCUT2D eigenvalue weighted by Gasteiger charge is -2.38. The molecule has 4 heteroatoms. The largest absolute Gasteiger partial charge is 0.480 e. The van der Waals surface area contributed by atoms with Crippen molar-refractivity contribution in [2.45, 2.75) is 51.5 Å². The molecule has 4 nitrogen and oxygen atoms in total. The summed E-state index contributed by atoms with van der Waals surface area (Å²) < 4.78 is 0. The number of anilines is 1. The zero-order valence-corrected chi connectivity index (χ0v) is 11.6. The van der Waals surface area contributed by atoms with Crippen molar-refractivity contribution in [3.63, 3.8) is 0 Å². The van der Waals surface area contributed by atoms with Crippen LogP contribution in [0.3, 0.4) is 0 Å². The summed E-state index contributed by atoms with van der Waals surface area (Å²) in [7, 11) is 0. The Morgan fingerprint density at radius 3 is 2.74 bits per heavy atom.